The third kappa shape index (κ3) is 4.59. The van der Waals surface area contributed by atoms with Crippen molar-refractivity contribution in [1.29, 1.82) is 0 Å². The Bertz CT molecular complexity index is 519. The topological polar surface area (TPSA) is 66.4 Å². The van der Waals surface area contributed by atoms with Crippen LogP contribution in [0.5, 0.6) is 0 Å². The van der Waals surface area contributed by atoms with Crippen molar-refractivity contribution in [2.24, 2.45) is 0 Å². The van der Waals surface area contributed by atoms with Crippen LogP contribution in [0.25, 0.3) is 0 Å². The number of carboxylic acids is 1. The molecule has 0 bridgehead atoms. The first-order valence-corrected chi connectivity index (χ1v) is 7.57. The van der Waals surface area contributed by atoms with Gasteiger partial charge in [-0.1, -0.05) is 42.7 Å². The molecule has 1 amide bonds. The van der Waals surface area contributed by atoms with Gasteiger partial charge in [0, 0.05) is 6.42 Å². The SMILES string of the molecule is Cc1cccc(CCC(=O)NC2(CC(=O)O)CCCC2)c1. The van der Waals surface area contributed by atoms with Crippen molar-refractivity contribution in [3.05, 3.63) is 35.4 Å². The van der Waals surface area contributed by atoms with E-state index in [0.29, 0.717) is 12.8 Å². The lowest BCUT2D eigenvalue weighted by Gasteiger charge is -2.28. The molecule has 1 fully saturated rings. The maximum atomic E-state index is 12.1. The van der Waals surface area contributed by atoms with Crippen LogP contribution in [0.1, 0.15) is 49.7 Å². The molecular formula is C17H23NO3. The molecule has 1 aromatic rings. The maximum absolute atomic E-state index is 12.1. The highest BCUT2D eigenvalue weighted by atomic mass is 16.4. The number of hydrogen-bond donors (Lipinski definition) is 2. The minimum absolute atomic E-state index is 0.0309. The molecule has 0 heterocycles. The Kier molecular flexibility index (Phi) is 4.99. The van der Waals surface area contributed by atoms with Crippen LogP contribution >= 0.6 is 0 Å². The van der Waals surface area contributed by atoms with Gasteiger partial charge in [-0.25, -0.2) is 0 Å². The zero-order valence-electron chi connectivity index (χ0n) is 12.5. The molecule has 114 valence electrons. The number of carboxylic acid groups (broad SMARTS) is 1. The number of benzene rings is 1. The largest absolute Gasteiger partial charge is 0.481 e. The molecule has 4 nitrogen and oxygen atoms in total. The van der Waals surface area contributed by atoms with Gasteiger partial charge in [-0.05, 0) is 31.7 Å². The molecule has 1 aliphatic carbocycles. The third-order valence-corrected chi connectivity index (χ3v) is 4.18. The van der Waals surface area contributed by atoms with E-state index in [1.54, 1.807) is 0 Å². The van der Waals surface area contributed by atoms with Crippen LogP contribution in [0.4, 0.5) is 0 Å². The Labute approximate surface area is 125 Å². The second kappa shape index (κ2) is 6.74. The predicted octanol–water partition coefficient (Wildman–Crippen LogP) is 2.83. The van der Waals surface area contributed by atoms with E-state index in [0.717, 1.165) is 31.2 Å². The zero-order chi connectivity index (χ0) is 15.3. The Balaban J connectivity index is 1.89. The van der Waals surface area contributed by atoms with Gasteiger partial charge in [-0.3, -0.25) is 9.59 Å². The van der Waals surface area contributed by atoms with Crippen molar-refractivity contribution in [2.45, 2.75) is 57.4 Å². The fourth-order valence-electron chi connectivity index (χ4n) is 3.17. The fraction of sp³-hybridized carbons (Fsp3) is 0.529. The van der Waals surface area contributed by atoms with Crippen molar-refractivity contribution < 1.29 is 14.7 Å². The third-order valence-electron chi connectivity index (χ3n) is 4.18. The number of aryl methyl sites for hydroxylation is 2. The van der Waals surface area contributed by atoms with Gasteiger partial charge < -0.3 is 10.4 Å². The van der Waals surface area contributed by atoms with Crippen LogP contribution in [0, 0.1) is 6.92 Å². The van der Waals surface area contributed by atoms with Crippen molar-refractivity contribution in [1.82, 2.24) is 5.32 Å². The molecule has 2 N–H and O–H groups in total. The van der Waals surface area contributed by atoms with Crippen LogP contribution in [0.15, 0.2) is 24.3 Å². The average molecular weight is 289 g/mol. The number of nitrogens with one attached hydrogen (secondary N) is 1. The number of amides is 1. The summed E-state index contributed by atoms with van der Waals surface area (Å²) in [7, 11) is 0. The Hall–Kier alpha value is -1.84. The van der Waals surface area contributed by atoms with Crippen molar-refractivity contribution in [2.75, 3.05) is 0 Å². The van der Waals surface area contributed by atoms with Gasteiger partial charge >= 0.3 is 5.97 Å². The Morgan fingerprint density at radius 2 is 2.00 bits per heavy atom. The van der Waals surface area contributed by atoms with Crippen LogP contribution in [0.2, 0.25) is 0 Å². The summed E-state index contributed by atoms with van der Waals surface area (Å²) in [6.45, 7) is 2.03. The van der Waals surface area contributed by atoms with Crippen molar-refractivity contribution >= 4 is 11.9 Å². The van der Waals surface area contributed by atoms with Crippen LogP contribution in [-0.4, -0.2) is 22.5 Å². The van der Waals surface area contributed by atoms with E-state index in [-0.39, 0.29) is 12.3 Å². The average Bonchev–Trinajstić information content (AvgIpc) is 2.83. The second-order valence-corrected chi connectivity index (χ2v) is 6.10. The van der Waals surface area contributed by atoms with Gasteiger partial charge in [0.05, 0.1) is 12.0 Å². The first kappa shape index (κ1) is 15.5. The number of rotatable bonds is 6. The molecular weight excluding hydrogens is 266 g/mol. The van der Waals surface area contributed by atoms with E-state index in [9.17, 15) is 9.59 Å². The fourth-order valence-corrected chi connectivity index (χ4v) is 3.17. The summed E-state index contributed by atoms with van der Waals surface area (Å²) in [6, 6.07) is 8.12. The molecule has 0 aliphatic heterocycles. The maximum Gasteiger partial charge on any atom is 0.305 e. The van der Waals surface area contributed by atoms with E-state index < -0.39 is 11.5 Å². The lowest BCUT2D eigenvalue weighted by atomic mass is 9.92. The lowest BCUT2D eigenvalue weighted by molar-refractivity contribution is -0.139. The monoisotopic (exact) mass is 289 g/mol. The molecule has 1 saturated carbocycles. The molecule has 0 atom stereocenters. The molecule has 2 rings (SSSR count). The summed E-state index contributed by atoms with van der Waals surface area (Å²) in [5.41, 5.74) is 1.81. The quantitative estimate of drug-likeness (QED) is 0.846. The summed E-state index contributed by atoms with van der Waals surface area (Å²) < 4.78 is 0. The predicted molar refractivity (Wildman–Crippen MR) is 81.1 cm³/mol. The van der Waals surface area contributed by atoms with Crippen LogP contribution < -0.4 is 5.32 Å². The molecule has 0 unspecified atom stereocenters. The molecule has 0 spiro atoms. The van der Waals surface area contributed by atoms with Gasteiger partial charge in [0.25, 0.3) is 0 Å². The summed E-state index contributed by atoms with van der Waals surface area (Å²) in [5, 5.41) is 12.0. The van der Waals surface area contributed by atoms with Gasteiger partial charge in [0.1, 0.15) is 0 Å². The van der Waals surface area contributed by atoms with E-state index in [2.05, 4.69) is 11.4 Å². The second-order valence-electron chi connectivity index (χ2n) is 6.10. The van der Waals surface area contributed by atoms with E-state index >= 15 is 0 Å². The van der Waals surface area contributed by atoms with E-state index in [1.165, 1.54) is 5.56 Å². The summed E-state index contributed by atoms with van der Waals surface area (Å²) in [4.78, 5) is 23.1. The number of carbonyl (C=O) groups excluding carboxylic acids is 1. The van der Waals surface area contributed by atoms with Gasteiger partial charge in [0.15, 0.2) is 0 Å². The Morgan fingerprint density at radius 3 is 2.62 bits per heavy atom. The van der Waals surface area contributed by atoms with Crippen LogP contribution in [0.3, 0.4) is 0 Å². The minimum atomic E-state index is -0.837. The standard InChI is InChI=1S/C17H23NO3/c1-13-5-4-6-14(11-13)7-8-15(19)18-17(12-16(20)21)9-2-3-10-17/h4-6,11H,2-3,7-10,12H2,1H3,(H,18,19)(H,20,21). The van der Waals surface area contributed by atoms with Crippen molar-refractivity contribution in [3.63, 3.8) is 0 Å². The van der Waals surface area contributed by atoms with Crippen LogP contribution in [-0.2, 0) is 16.0 Å². The van der Waals surface area contributed by atoms with E-state index in [4.69, 9.17) is 5.11 Å². The highest BCUT2D eigenvalue weighted by Crippen LogP contribution is 2.32. The van der Waals surface area contributed by atoms with Gasteiger partial charge in [0.2, 0.25) is 5.91 Å². The molecule has 0 radical (unpaired) electrons. The first-order valence-electron chi connectivity index (χ1n) is 7.57. The summed E-state index contributed by atoms with van der Waals surface area (Å²) in [5.74, 6) is -0.879. The number of carbonyl (C=O) groups is 2. The highest BCUT2D eigenvalue weighted by Gasteiger charge is 2.37. The number of hydrogen-bond acceptors (Lipinski definition) is 2. The van der Waals surface area contributed by atoms with E-state index in [1.807, 2.05) is 25.1 Å². The number of aliphatic carboxylic acids is 1. The highest BCUT2D eigenvalue weighted by molar-refractivity contribution is 5.78. The smallest absolute Gasteiger partial charge is 0.305 e. The zero-order valence-corrected chi connectivity index (χ0v) is 12.5. The molecule has 1 aliphatic rings. The summed E-state index contributed by atoms with van der Waals surface area (Å²) >= 11 is 0. The molecule has 4 heteroatoms. The van der Waals surface area contributed by atoms with Gasteiger partial charge in [-0.2, -0.15) is 0 Å². The van der Waals surface area contributed by atoms with Gasteiger partial charge in [-0.15, -0.1) is 0 Å². The molecule has 1 aromatic carbocycles. The lowest BCUT2D eigenvalue weighted by Crippen LogP contribution is -2.47. The minimum Gasteiger partial charge on any atom is -0.481 e. The van der Waals surface area contributed by atoms with Crippen molar-refractivity contribution in [3.8, 4) is 0 Å². The molecule has 0 aromatic heterocycles. The summed E-state index contributed by atoms with van der Waals surface area (Å²) in [6.07, 6.45) is 4.66. The first-order chi connectivity index (χ1) is 9.99. The molecule has 0 saturated heterocycles. The Morgan fingerprint density at radius 1 is 1.29 bits per heavy atom. The molecule has 21 heavy (non-hydrogen) atoms. The normalized spacial score (nSPS) is 16.6.